The number of pyridine rings is 2. The van der Waals surface area contributed by atoms with Crippen molar-refractivity contribution < 1.29 is 12.8 Å². The van der Waals surface area contributed by atoms with Crippen LogP contribution in [0.5, 0.6) is 0 Å². The van der Waals surface area contributed by atoms with Crippen LogP contribution in [0.1, 0.15) is 12.6 Å². The molecule has 0 bridgehead atoms. The predicted octanol–water partition coefficient (Wildman–Crippen LogP) is 0.677. The van der Waals surface area contributed by atoms with Crippen LogP contribution in [-0.4, -0.2) is 60.8 Å². The van der Waals surface area contributed by atoms with Gasteiger partial charge in [-0.15, -0.1) is 0 Å². The first kappa shape index (κ1) is 17.4. The van der Waals surface area contributed by atoms with Crippen LogP contribution in [0.25, 0.3) is 11.0 Å². The highest BCUT2D eigenvalue weighted by Gasteiger charge is 2.43. The van der Waals surface area contributed by atoms with Crippen LogP contribution in [0.3, 0.4) is 0 Å². The van der Waals surface area contributed by atoms with E-state index in [-0.39, 0.29) is 28.4 Å². The molecule has 0 radical (unpaired) electrons. The largest absolute Gasteiger partial charge is 0.363 e. The van der Waals surface area contributed by atoms with Crippen molar-refractivity contribution in [3.05, 3.63) is 27.9 Å². The Morgan fingerprint density at radius 2 is 1.96 bits per heavy atom. The number of anilines is 1. The third-order valence-electron chi connectivity index (χ3n) is 5.58. The lowest BCUT2D eigenvalue weighted by Gasteiger charge is -2.47. The summed E-state index contributed by atoms with van der Waals surface area (Å²) >= 11 is 0. The van der Waals surface area contributed by atoms with Crippen LogP contribution < -0.4 is 10.5 Å². The third-order valence-corrected chi connectivity index (χ3v) is 7.39. The van der Waals surface area contributed by atoms with Gasteiger partial charge in [-0.25, -0.2) is 17.8 Å². The monoisotopic (exact) mass is 380 g/mol. The number of likely N-dealkylation sites (N-methyl/N-ethyl adjacent to an activating group) is 1. The maximum Gasteiger partial charge on any atom is 0.272 e. The Balaban J connectivity index is 2.14. The molecular weight excluding hydrogens is 359 g/mol. The van der Waals surface area contributed by atoms with Crippen molar-refractivity contribution in [2.45, 2.75) is 30.8 Å². The minimum Gasteiger partial charge on any atom is -0.363 e. The van der Waals surface area contributed by atoms with Gasteiger partial charge >= 0.3 is 0 Å². The van der Waals surface area contributed by atoms with Gasteiger partial charge in [0.05, 0.1) is 23.2 Å². The quantitative estimate of drug-likeness (QED) is 0.669. The Morgan fingerprint density at radius 1 is 1.27 bits per heavy atom. The number of hydrogen-bond acceptors (Lipinski definition) is 6. The van der Waals surface area contributed by atoms with Crippen LogP contribution in [0.15, 0.2) is 15.8 Å². The summed E-state index contributed by atoms with van der Waals surface area (Å²) in [5, 5.41) is 0.371. The SMILES string of the molecule is Cc1nc2c(cc1F)c1c(c(=O)n2C)S(=O)(=O)CC2CN(C)C(C)CN12. The molecule has 26 heavy (non-hydrogen) atoms. The zero-order chi connectivity index (χ0) is 19.0. The first-order valence-corrected chi connectivity index (χ1v) is 10.2. The van der Waals surface area contributed by atoms with E-state index in [4.69, 9.17) is 0 Å². The van der Waals surface area contributed by atoms with E-state index < -0.39 is 21.2 Å². The van der Waals surface area contributed by atoms with Crippen molar-refractivity contribution in [2.75, 3.05) is 30.8 Å². The second-order valence-electron chi connectivity index (χ2n) is 7.34. The number of aromatic nitrogens is 2. The molecule has 0 amide bonds. The van der Waals surface area contributed by atoms with Gasteiger partial charge in [0, 0.05) is 31.6 Å². The molecule has 2 unspecified atom stereocenters. The number of hydrogen-bond donors (Lipinski definition) is 0. The van der Waals surface area contributed by atoms with Crippen molar-refractivity contribution in [3.8, 4) is 0 Å². The standard InChI is InChI=1S/C17H21FN4O3S/c1-9-6-22-11(7-20(9)3)8-26(24,25)15-14(22)12-5-13(18)10(2)19-16(12)21(4)17(15)23/h5,9,11H,6-8H2,1-4H3. The average Bonchev–Trinajstić information content (AvgIpc) is 2.55. The lowest BCUT2D eigenvalue weighted by Crippen LogP contribution is -2.61. The number of fused-ring (bicyclic) bond motifs is 5. The number of aryl methyl sites for hydroxylation is 2. The normalized spacial score (nSPS) is 25.2. The fourth-order valence-corrected chi connectivity index (χ4v) is 5.86. The van der Waals surface area contributed by atoms with E-state index in [1.807, 2.05) is 18.9 Å². The number of halogens is 1. The Hall–Kier alpha value is -2.00. The average molecular weight is 380 g/mol. The molecule has 1 fully saturated rings. The van der Waals surface area contributed by atoms with Gasteiger partial charge in [-0.05, 0) is 27.0 Å². The lowest BCUT2D eigenvalue weighted by molar-refractivity contribution is 0.205. The van der Waals surface area contributed by atoms with E-state index in [0.29, 0.717) is 29.8 Å². The summed E-state index contributed by atoms with van der Waals surface area (Å²) in [7, 11) is -0.342. The molecule has 0 spiro atoms. The van der Waals surface area contributed by atoms with Crippen LogP contribution in [0.4, 0.5) is 10.1 Å². The molecule has 4 rings (SSSR count). The molecule has 0 aromatic carbocycles. The first-order valence-electron chi connectivity index (χ1n) is 8.51. The molecule has 2 aromatic heterocycles. The Labute approximate surface area is 151 Å². The Bertz CT molecular complexity index is 1100. The minimum atomic E-state index is -3.77. The van der Waals surface area contributed by atoms with Crippen LogP contribution in [-0.2, 0) is 16.9 Å². The Morgan fingerprint density at radius 3 is 2.65 bits per heavy atom. The number of rotatable bonds is 0. The van der Waals surface area contributed by atoms with E-state index >= 15 is 0 Å². The molecule has 2 aliphatic rings. The highest BCUT2D eigenvalue weighted by atomic mass is 32.2. The number of piperazine rings is 1. The molecule has 0 N–H and O–H groups in total. The lowest BCUT2D eigenvalue weighted by atomic mass is 10.1. The third kappa shape index (κ3) is 2.30. The van der Waals surface area contributed by atoms with Gasteiger partial charge in [0.1, 0.15) is 11.5 Å². The van der Waals surface area contributed by atoms with Gasteiger partial charge in [0.25, 0.3) is 5.56 Å². The molecule has 140 valence electrons. The maximum atomic E-state index is 14.3. The maximum absolute atomic E-state index is 14.3. The van der Waals surface area contributed by atoms with Crippen molar-refractivity contribution in [3.63, 3.8) is 0 Å². The minimum absolute atomic E-state index is 0.112. The summed E-state index contributed by atoms with van der Waals surface area (Å²) in [6.07, 6.45) is 0. The molecule has 1 saturated heterocycles. The van der Waals surface area contributed by atoms with Gasteiger partial charge < -0.3 is 4.90 Å². The van der Waals surface area contributed by atoms with Crippen molar-refractivity contribution in [1.82, 2.24) is 14.5 Å². The fourth-order valence-electron chi connectivity index (χ4n) is 3.97. The predicted molar refractivity (Wildman–Crippen MR) is 97.0 cm³/mol. The van der Waals surface area contributed by atoms with Gasteiger partial charge in [0.2, 0.25) is 0 Å². The summed E-state index contributed by atoms with van der Waals surface area (Å²) in [5.41, 5.74) is 0.186. The molecule has 0 aliphatic carbocycles. The van der Waals surface area contributed by atoms with E-state index in [1.165, 1.54) is 24.6 Å². The number of sulfone groups is 1. The highest BCUT2D eigenvalue weighted by molar-refractivity contribution is 7.91. The summed E-state index contributed by atoms with van der Waals surface area (Å²) < 4.78 is 41.3. The molecule has 2 aromatic rings. The smallest absolute Gasteiger partial charge is 0.272 e. The Kier molecular flexibility index (Phi) is 3.68. The molecule has 2 atom stereocenters. The first-order chi connectivity index (χ1) is 12.1. The van der Waals surface area contributed by atoms with Crippen molar-refractivity contribution in [1.29, 1.82) is 0 Å². The fraction of sp³-hybridized carbons (Fsp3) is 0.529. The summed E-state index contributed by atoms with van der Waals surface area (Å²) in [6, 6.07) is 1.22. The van der Waals surface area contributed by atoms with Crippen LogP contribution in [0.2, 0.25) is 0 Å². The molecule has 2 aliphatic heterocycles. The van der Waals surface area contributed by atoms with Crippen LogP contribution >= 0.6 is 0 Å². The van der Waals surface area contributed by atoms with E-state index in [9.17, 15) is 17.6 Å². The van der Waals surface area contributed by atoms with Gasteiger partial charge in [0.15, 0.2) is 14.7 Å². The summed E-state index contributed by atoms with van der Waals surface area (Å²) in [5.74, 6) is -0.625. The molecule has 9 heteroatoms. The van der Waals surface area contributed by atoms with E-state index in [0.717, 1.165) is 0 Å². The zero-order valence-corrected chi connectivity index (χ0v) is 16.0. The summed E-state index contributed by atoms with van der Waals surface area (Å²) in [4.78, 5) is 20.9. The van der Waals surface area contributed by atoms with Gasteiger partial charge in [-0.1, -0.05) is 0 Å². The van der Waals surface area contributed by atoms with Gasteiger partial charge in [-0.2, -0.15) is 0 Å². The zero-order valence-electron chi connectivity index (χ0n) is 15.2. The second-order valence-corrected chi connectivity index (χ2v) is 9.32. The molecule has 0 saturated carbocycles. The second kappa shape index (κ2) is 5.50. The molecule has 4 heterocycles. The number of nitrogens with zero attached hydrogens (tertiary/aromatic N) is 4. The summed E-state index contributed by atoms with van der Waals surface area (Å²) in [6.45, 7) is 4.71. The van der Waals surface area contributed by atoms with E-state index in [1.54, 1.807) is 0 Å². The van der Waals surface area contributed by atoms with Crippen LogP contribution in [0, 0.1) is 12.7 Å². The molecular formula is C17H21FN4O3S. The van der Waals surface area contributed by atoms with Crippen molar-refractivity contribution >= 4 is 26.6 Å². The van der Waals surface area contributed by atoms with Gasteiger partial charge in [-0.3, -0.25) is 14.3 Å². The molecule has 7 nitrogen and oxygen atoms in total. The highest BCUT2D eigenvalue weighted by Crippen LogP contribution is 2.39. The van der Waals surface area contributed by atoms with E-state index in [2.05, 4.69) is 9.88 Å². The topological polar surface area (TPSA) is 75.5 Å². The van der Waals surface area contributed by atoms with Crippen molar-refractivity contribution in [2.24, 2.45) is 7.05 Å².